The second kappa shape index (κ2) is 3.93. The molecule has 0 N–H and O–H groups in total. The fourth-order valence-electron chi connectivity index (χ4n) is 1.72. The van der Waals surface area contributed by atoms with Crippen LogP contribution in [0.2, 0.25) is 0 Å². The van der Waals surface area contributed by atoms with Crippen LogP contribution in [0.1, 0.15) is 13.8 Å². The molecule has 0 bridgehead atoms. The zero-order valence-electron chi connectivity index (χ0n) is 9.31. The maximum absolute atomic E-state index is 12.0. The average molecular weight is 215 g/mol. The van der Waals surface area contributed by atoms with E-state index in [-0.39, 0.29) is 17.7 Å². The third-order valence-corrected chi connectivity index (χ3v) is 2.59. The number of imide groups is 1. The highest BCUT2D eigenvalue weighted by molar-refractivity contribution is 6.30. The minimum absolute atomic E-state index is 0.0742. The molecule has 0 saturated heterocycles. The van der Waals surface area contributed by atoms with Gasteiger partial charge in [-0.15, -0.1) is 0 Å². The molecule has 1 aromatic carbocycles. The number of hydrogen-bond acceptors (Lipinski definition) is 2. The van der Waals surface area contributed by atoms with E-state index in [1.54, 1.807) is 12.1 Å². The number of hydrogen-bond donors (Lipinski definition) is 0. The molecule has 3 nitrogen and oxygen atoms in total. The van der Waals surface area contributed by atoms with Crippen molar-refractivity contribution in [1.29, 1.82) is 0 Å². The summed E-state index contributed by atoms with van der Waals surface area (Å²) < 4.78 is 0. The number of carbonyl (C=O) groups excluding carboxylic acids is 2. The van der Waals surface area contributed by atoms with Crippen molar-refractivity contribution in [3.63, 3.8) is 0 Å². The third-order valence-electron chi connectivity index (χ3n) is 2.59. The largest absolute Gasteiger partial charge is 0.269 e. The van der Waals surface area contributed by atoms with Crippen molar-refractivity contribution in [2.75, 3.05) is 4.90 Å². The fourth-order valence-corrected chi connectivity index (χ4v) is 1.72. The number of benzene rings is 1. The molecule has 1 aliphatic heterocycles. The molecule has 82 valence electrons. The summed E-state index contributed by atoms with van der Waals surface area (Å²) in [5.41, 5.74) is 1.21. The topological polar surface area (TPSA) is 37.4 Å². The van der Waals surface area contributed by atoms with Gasteiger partial charge in [0.2, 0.25) is 0 Å². The van der Waals surface area contributed by atoms with Gasteiger partial charge in [-0.3, -0.25) is 9.59 Å². The molecule has 0 unspecified atom stereocenters. The van der Waals surface area contributed by atoms with Gasteiger partial charge in [-0.1, -0.05) is 32.0 Å². The second-order valence-corrected chi connectivity index (χ2v) is 4.07. The Kier molecular flexibility index (Phi) is 2.60. The number of rotatable bonds is 2. The lowest BCUT2D eigenvalue weighted by Crippen LogP contribution is -2.31. The van der Waals surface area contributed by atoms with Gasteiger partial charge in [-0.2, -0.15) is 0 Å². The Morgan fingerprint density at radius 3 is 2.19 bits per heavy atom. The Morgan fingerprint density at radius 1 is 1.06 bits per heavy atom. The Hall–Kier alpha value is -1.90. The summed E-state index contributed by atoms with van der Waals surface area (Å²) in [4.78, 5) is 24.9. The standard InChI is InChI=1S/C13H13NO2/c1-9(2)11-8-12(15)14(13(11)16)10-6-4-3-5-7-10/h3-9H,1-2H3. The van der Waals surface area contributed by atoms with E-state index in [4.69, 9.17) is 0 Å². The van der Waals surface area contributed by atoms with E-state index >= 15 is 0 Å². The predicted octanol–water partition coefficient (Wildman–Crippen LogP) is 2.14. The first-order valence-electron chi connectivity index (χ1n) is 5.26. The van der Waals surface area contributed by atoms with Crippen molar-refractivity contribution in [3.05, 3.63) is 42.0 Å². The lowest BCUT2D eigenvalue weighted by molar-refractivity contribution is -0.120. The van der Waals surface area contributed by atoms with Crippen LogP contribution in [-0.4, -0.2) is 11.8 Å². The number of carbonyl (C=O) groups is 2. The van der Waals surface area contributed by atoms with Crippen LogP contribution in [0, 0.1) is 5.92 Å². The van der Waals surface area contributed by atoms with Crippen LogP contribution in [0.25, 0.3) is 0 Å². The van der Waals surface area contributed by atoms with Crippen LogP contribution in [0.4, 0.5) is 5.69 Å². The minimum Gasteiger partial charge on any atom is -0.269 e. The molecule has 0 fully saturated rings. The zero-order chi connectivity index (χ0) is 11.7. The molecule has 0 atom stereocenters. The summed E-state index contributed by atoms with van der Waals surface area (Å²) in [6.07, 6.45) is 1.43. The van der Waals surface area contributed by atoms with Crippen LogP contribution in [-0.2, 0) is 9.59 Å². The summed E-state index contributed by atoms with van der Waals surface area (Å²) in [6.45, 7) is 3.82. The zero-order valence-corrected chi connectivity index (χ0v) is 9.31. The highest BCUT2D eigenvalue weighted by atomic mass is 16.2. The molecule has 2 rings (SSSR count). The van der Waals surface area contributed by atoms with Crippen LogP contribution in [0.3, 0.4) is 0 Å². The number of para-hydroxylation sites is 1. The Bertz CT molecular complexity index is 460. The maximum atomic E-state index is 12.0. The minimum atomic E-state index is -0.250. The molecule has 0 radical (unpaired) electrons. The Labute approximate surface area is 94.4 Å². The molecule has 3 heteroatoms. The summed E-state index contributed by atoms with van der Waals surface area (Å²) >= 11 is 0. The predicted molar refractivity (Wildman–Crippen MR) is 61.9 cm³/mol. The maximum Gasteiger partial charge on any atom is 0.261 e. The SMILES string of the molecule is CC(C)C1=CC(=O)N(c2ccccc2)C1=O. The molecule has 0 spiro atoms. The van der Waals surface area contributed by atoms with Crippen LogP contribution in [0.5, 0.6) is 0 Å². The summed E-state index contributed by atoms with van der Waals surface area (Å²) in [7, 11) is 0. The van der Waals surface area contributed by atoms with Crippen LogP contribution < -0.4 is 4.90 Å². The normalized spacial score (nSPS) is 15.9. The van der Waals surface area contributed by atoms with E-state index < -0.39 is 0 Å². The first-order chi connectivity index (χ1) is 7.61. The van der Waals surface area contributed by atoms with Crippen molar-refractivity contribution >= 4 is 17.5 Å². The third kappa shape index (κ3) is 1.65. The molecule has 1 heterocycles. The smallest absolute Gasteiger partial charge is 0.261 e. The van der Waals surface area contributed by atoms with E-state index in [0.29, 0.717) is 11.3 Å². The fraction of sp³-hybridized carbons (Fsp3) is 0.231. The molecule has 1 aliphatic rings. The van der Waals surface area contributed by atoms with Gasteiger partial charge in [0, 0.05) is 11.6 Å². The van der Waals surface area contributed by atoms with Gasteiger partial charge in [0.25, 0.3) is 11.8 Å². The van der Waals surface area contributed by atoms with E-state index in [1.807, 2.05) is 32.0 Å². The van der Waals surface area contributed by atoms with Gasteiger partial charge < -0.3 is 0 Å². The van der Waals surface area contributed by atoms with E-state index in [9.17, 15) is 9.59 Å². The first kappa shape index (κ1) is 10.6. The van der Waals surface area contributed by atoms with E-state index in [1.165, 1.54) is 11.0 Å². The molecule has 16 heavy (non-hydrogen) atoms. The van der Waals surface area contributed by atoms with Gasteiger partial charge in [0.1, 0.15) is 0 Å². The number of anilines is 1. The van der Waals surface area contributed by atoms with Gasteiger partial charge in [0.15, 0.2) is 0 Å². The van der Waals surface area contributed by atoms with Gasteiger partial charge in [0.05, 0.1) is 5.69 Å². The molecule has 0 saturated carbocycles. The molecule has 0 aromatic heterocycles. The van der Waals surface area contributed by atoms with Gasteiger partial charge in [-0.05, 0) is 18.1 Å². The molecule has 2 amide bonds. The molecule has 0 aliphatic carbocycles. The van der Waals surface area contributed by atoms with E-state index in [2.05, 4.69) is 0 Å². The number of nitrogens with zero attached hydrogens (tertiary/aromatic N) is 1. The van der Waals surface area contributed by atoms with Crippen LogP contribution in [0.15, 0.2) is 42.0 Å². The summed E-state index contributed by atoms with van der Waals surface area (Å²) in [5, 5.41) is 0. The Morgan fingerprint density at radius 2 is 1.69 bits per heavy atom. The van der Waals surface area contributed by atoms with Crippen molar-refractivity contribution in [2.45, 2.75) is 13.8 Å². The van der Waals surface area contributed by atoms with Gasteiger partial charge >= 0.3 is 0 Å². The highest BCUT2D eigenvalue weighted by Gasteiger charge is 2.33. The monoisotopic (exact) mass is 215 g/mol. The van der Waals surface area contributed by atoms with Gasteiger partial charge in [-0.25, -0.2) is 4.90 Å². The van der Waals surface area contributed by atoms with E-state index in [0.717, 1.165) is 0 Å². The second-order valence-electron chi connectivity index (χ2n) is 4.07. The quantitative estimate of drug-likeness (QED) is 0.709. The van der Waals surface area contributed by atoms with Crippen molar-refractivity contribution < 1.29 is 9.59 Å². The number of amides is 2. The highest BCUT2D eigenvalue weighted by Crippen LogP contribution is 2.25. The average Bonchev–Trinajstić information content (AvgIpc) is 2.56. The molecular formula is C13H13NO2. The lowest BCUT2D eigenvalue weighted by Gasteiger charge is -2.15. The van der Waals surface area contributed by atoms with Crippen LogP contribution >= 0.6 is 0 Å². The lowest BCUT2D eigenvalue weighted by atomic mass is 10.0. The molecule has 1 aromatic rings. The summed E-state index contributed by atoms with van der Waals surface area (Å²) in [5.74, 6) is -0.378. The van der Waals surface area contributed by atoms with Crippen molar-refractivity contribution in [2.24, 2.45) is 5.92 Å². The van der Waals surface area contributed by atoms with Crippen molar-refractivity contribution in [3.8, 4) is 0 Å². The first-order valence-corrected chi connectivity index (χ1v) is 5.26. The van der Waals surface area contributed by atoms with Crippen molar-refractivity contribution in [1.82, 2.24) is 0 Å². The summed E-state index contributed by atoms with van der Waals surface area (Å²) in [6, 6.07) is 8.98. The molecular weight excluding hydrogens is 202 g/mol. The Balaban J connectivity index is 2.35.